The van der Waals surface area contributed by atoms with Gasteiger partial charge in [0.05, 0.1) is 5.56 Å². The van der Waals surface area contributed by atoms with Crippen molar-refractivity contribution in [2.75, 3.05) is 5.73 Å². The molecule has 0 atom stereocenters. The van der Waals surface area contributed by atoms with E-state index in [1.54, 1.807) is 12.1 Å². The molecular formula is C7H5ClN2. The largest absolute Gasteiger partial charge is 0.383 e. The second-order valence-corrected chi connectivity index (χ2v) is 2.10. The quantitative estimate of drug-likeness (QED) is 0.450. The Labute approximate surface area is 64.0 Å². The minimum absolute atomic E-state index is 0.301. The van der Waals surface area contributed by atoms with Crippen LogP contribution in [0.15, 0.2) is 12.1 Å². The summed E-state index contributed by atoms with van der Waals surface area (Å²) in [5.74, 6) is 2.68. The average molecular weight is 153 g/mol. The monoisotopic (exact) mass is 152 g/mol. The average Bonchev–Trinajstić information content (AvgIpc) is 1.88. The molecule has 0 radical (unpaired) electrons. The molecule has 0 unspecified atom stereocenters. The fourth-order valence-electron chi connectivity index (χ4n) is 0.572. The number of rotatable bonds is 0. The molecule has 1 rings (SSSR count). The SMILES string of the molecule is C#Cc1ccc(Cl)nc1N. The molecule has 0 aliphatic rings. The molecular weight excluding hydrogens is 148 g/mol. The van der Waals surface area contributed by atoms with Crippen LogP contribution in [0.3, 0.4) is 0 Å². The number of nitrogens with two attached hydrogens (primary N) is 1. The van der Waals surface area contributed by atoms with Gasteiger partial charge in [0.15, 0.2) is 0 Å². The number of hydrogen-bond acceptors (Lipinski definition) is 2. The lowest BCUT2D eigenvalue weighted by atomic mass is 10.3. The highest BCUT2D eigenvalue weighted by atomic mass is 35.5. The zero-order chi connectivity index (χ0) is 7.56. The Morgan fingerprint density at radius 1 is 1.60 bits per heavy atom. The molecule has 0 aliphatic heterocycles. The van der Waals surface area contributed by atoms with E-state index in [0.717, 1.165) is 0 Å². The van der Waals surface area contributed by atoms with Crippen molar-refractivity contribution in [1.29, 1.82) is 0 Å². The highest BCUT2D eigenvalue weighted by Gasteiger charge is 1.95. The number of hydrogen-bond donors (Lipinski definition) is 1. The molecule has 0 bridgehead atoms. The van der Waals surface area contributed by atoms with Crippen molar-refractivity contribution in [2.45, 2.75) is 0 Å². The molecule has 0 spiro atoms. The Morgan fingerprint density at radius 3 is 2.80 bits per heavy atom. The summed E-state index contributed by atoms with van der Waals surface area (Å²) in [5.41, 5.74) is 5.97. The predicted octanol–water partition coefficient (Wildman–Crippen LogP) is 1.30. The maximum Gasteiger partial charge on any atom is 0.140 e. The molecule has 3 heteroatoms. The third-order valence-electron chi connectivity index (χ3n) is 1.05. The predicted molar refractivity (Wildman–Crippen MR) is 41.6 cm³/mol. The van der Waals surface area contributed by atoms with Crippen LogP contribution in [0.4, 0.5) is 5.82 Å². The van der Waals surface area contributed by atoms with E-state index in [2.05, 4.69) is 10.9 Å². The lowest BCUT2D eigenvalue weighted by molar-refractivity contribution is 1.32. The summed E-state index contributed by atoms with van der Waals surface area (Å²) in [6.07, 6.45) is 5.09. The van der Waals surface area contributed by atoms with Gasteiger partial charge in [-0.05, 0) is 12.1 Å². The first-order valence-corrected chi connectivity index (χ1v) is 3.00. The number of pyridine rings is 1. The molecule has 1 heterocycles. The number of halogens is 1. The minimum Gasteiger partial charge on any atom is -0.383 e. The first kappa shape index (κ1) is 6.91. The minimum atomic E-state index is 0.301. The molecule has 10 heavy (non-hydrogen) atoms. The van der Waals surface area contributed by atoms with E-state index in [1.807, 2.05) is 0 Å². The Bertz CT molecular complexity index is 288. The fourth-order valence-corrected chi connectivity index (χ4v) is 0.726. The van der Waals surface area contributed by atoms with Gasteiger partial charge in [0.2, 0.25) is 0 Å². The van der Waals surface area contributed by atoms with Crippen molar-refractivity contribution in [2.24, 2.45) is 0 Å². The first-order valence-electron chi connectivity index (χ1n) is 2.62. The Kier molecular flexibility index (Phi) is 1.79. The summed E-state index contributed by atoms with van der Waals surface area (Å²) >= 11 is 5.51. The summed E-state index contributed by atoms with van der Waals surface area (Å²) in [5, 5.41) is 0.358. The molecule has 1 aromatic rings. The Hall–Kier alpha value is -1.20. The van der Waals surface area contributed by atoms with E-state index in [4.69, 9.17) is 23.8 Å². The van der Waals surface area contributed by atoms with E-state index >= 15 is 0 Å². The van der Waals surface area contributed by atoms with Crippen molar-refractivity contribution in [3.8, 4) is 12.3 Å². The molecule has 0 aliphatic carbocycles. The van der Waals surface area contributed by atoms with Crippen LogP contribution in [0, 0.1) is 12.3 Å². The number of nitrogens with zero attached hydrogens (tertiary/aromatic N) is 1. The van der Waals surface area contributed by atoms with E-state index in [0.29, 0.717) is 16.5 Å². The number of anilines is 1. The summed E-state index contributed by atoms with van der Waals surface area (Å²) in [6, 6.07) is 3.26. The van der Waals surface area contributed by atoms with Gasteiger partial charge in [0, 0.05) is 0 Å². The zero-order valence-electron chi connectivity index (χ0n) is 5.13. The summed E-state index contributed by atoms with van der Waals surface area (Å²) in [7, 11) is 0. The van der Waals surface area contributed by atoms with Crippen molar-refractivity contribution >= 4 is 17.4 Å². The topological polar surface area (TPSA) is 38.9 Å². The number of aromatic nitrogens is 1. The zero-order valence-corrected chi connectivity index (χ0v) is 5.89. The van der Waals surface area contributed by atoms with Gasteiger partial charge in [-0.3, -0.25) is 0 Å². The summed E-state index contributed by atoms with van der Waals surface area (Å²) in [4.78, 5) is 3.75. The fraction of sp³-hybridized carbons (Fsp3) is 0. The van der Waals surface area contributed by atoms with Gasteiger partial charge < -0.3 is 5.73 Å². The van der Waals surface area contributed by atoms with Crippen LogP contribution in [-0.4, -0.2) is 4.98 Å². The van der Waals surface area contributed by atoms with Crippen LogP contribution in [0.1, 0.15) is 5.56 Å². The lowest BCUT2D eigenvalue weighted by Gasteiger charge is -1.95. The second kappa shape index (κ2) is 2.59. The standard InChI is InChI=1S/C7H5ClN2/c1-2-5-3-4-6(8)10-7(5)9/h1,3-4H,(H2,9,10). The molecule has 2 nitrogen and oxygen atoms in total. The molecule has 0 saturated heterocycles. The summed E-state index contributed by atoms with van der Waals surface area (Å²) in [6.45, 7) is 0. The van der Waals surface area contributed by atoms with E-state index < -0.39 is 0 Å². The molecule has 50 valence electrons. The van der Waals surface area contributed by atoms with E-state index in [9.17, 15) is 0 Å². The van der Waals surface area contributed by atoms with E-state index in [1.165, 1.54) is 0 Å². The van der Waals surface area contributed by atoms with Gasteiger partial charge in [0.25, 0.3) is 0 Å². The highest BCUT2D eigenvalue weighted by molar-refractivity contribution is 6.29. The maximum absolute atomic E-state index is 5.51. The van der Waals surface area contributed by atoms with Crippen LogP contribution in [0.25, 0.3) is 0 Å². The van der Waals surface area contributed by atoms with Crippen molar-refractivity contribution < 1.29 is 0 Å². The molecule has 1 aromatic heterocycles. The van der Waals surface area contributed by atoms with Crippen LogP contribution in [0.2, 0.25) is 5.15 Å². The lowest BCUT2D eigenvalue weighted by Crippen LogP contribution is -1.93. The van der Waals surface area contributed by atoms with Crippen molar-refractivity contribution in [3.05, 3.63) is 22.8 Å². The van der Waals surface area contributed by atoms with Crippen LogP contribution in [-0.2, 0) is 0 Å². The number of terminal acetylenes is 1. The van der Waals surface area contributed by atoms with E-state index in [-0.39, 0.29) is 0 Å². The number of nitrogen functional groups attached to an aromatic ring is 1. The highest BCUT2D eigenvalue weighted by Crippen LogP contribution is 2.11. The van der Waals surface area contributed by atoms with Crippen molar-refractivity contribution in [1.82, 2.24) is 4.98 Å². The van der Waals surface area contributed by atoms with Crippen molar-refractivity contribution in [3.63, 3.8) is 0 Å². The third-order valence-corrected chi connectivity index (χ3v) is 1.26. The van der Waals surface area contributed by atoms with Gasteiger partial charge >= 0.3 is 0 Å². The Morgan fingerprint density at radius 2 is 2.30 bits per heavy atom. The smallest absolute Gasteiger partial charge is 0.140 e. The molecule has 0 amide bonds. The second-order valence-electron chi connectivity index (χ2n) is 1.71. The Balaban J connectivity index is 3.23. The molecule has 0 saturated carbocycles. The summed E-state index contributed by atoms with van der Waals surface area (Å²) < 4.78 is 0. The maximum atomic E-state index is 5.51. The molecule has 0 fully saturated rings. The van der Waals surface area contributed by atoms with Gasteiger partial charge in [-0.1, -0.05) is 17.5 Å². The molecule has 2 N–H and O–H groups in total. The molecule has 0 aromatic carbocycles. The van der Waals surface area contributed by atoms with Crippen LogP contribution in [0.5, 0.6) is 0 Å². The first-order chi connectivity index (χ1) is 4.74. The van der Waals surface area contributed by atoms with Crippen LogP contribution < -0.4 is 5.73 Å². The normalized spacial score (nSPS) is 8.80. The van der Waals surface area contributed by atoms with Gasteiger partial charge in [0.1, 0.15) is 11.0 Å². The third kappa shape index (κ3) is 1.20. The van der Waals surface area contributed by atoms with Crippen LogP contribution >= 0.6 is 11.6 Å². The van der Waals surface area contributed by atoms with Gasteiger partial charge in [-0.2, -0.15) is 0 Å². The van der Waals surface area contributed by atoms with Gasteiger partial charge in [-0.15, -0.1) is 6.42 Å². The van der Waals surface area contributed by atoms with Gasteiger partial charge in [-0.25, -0.2) is 4.98 Å².